The first-order chi connectivity index (χ1) is 19.1. The summed E-state index contributed by atoms with van der Waals surface area (Å²) in [5.74, 6) is -0.680. The van der Waals surface area contributed by atoms with Gasteiger partial charge < -0.3 is 38.6 Å². The number of esters is 1. The zero-order valence-electron chi connectivity index (χ0n) is 26.0. The highest BCUT2D eigenvalue weighted by Gasteiger charge is 2.44. The van der Waals surface area contributed by atoms with E-state index in [-0.39, 0.29) is 18.3 Å². The van der Waals surface area contributed by atoms with Crippen molar-refractivity contribution in [3.05, 3.63) is 35.4 Å². The second kappa shape index (κ2) is 15.7. The van der Waals surface area contributed by atoms with Crippen molar-refractivity contribution in [2.24, 2.45) is 5.92 Å². The number of hydrogen-bond donors (Lipinski definition) is 3. The molecule has 0 amide bonds. The largest absolute Gasteiger partial charge is 0.497 e. The van der Waals surface area contributed by atoms with Crippen molar-refractivity contribution in [1.29, 1.82) is 0 Å². The number of carbonyl (C=O) groups is 1. The number of aliphatic hydroxyl groups excluding tert-OH is 2. The summed E-state index contributed by atoms with van der Waals surface area (Å²) in [5, 5.41) is 20.3. The Morgan fingerprint density at radius 1 is 1.15 bits per heavy atom. The highest BCUT2D eigenvalue weighted by Crippen LogP contribution is 2.40. The van der Waals surface area contributed by atoms with Gasteiger partial charge in [0.2, 0.25) is 0 Å². The van der Waals surface area contributed by atoms with Crippen molar-refractivity contribution < 1.29 is 43.4 Å². The van der Waals surface area contributed by atoms with Gasteiger partial charge in [0.25, 0.3) is 0 Å². The Morgan fingerprint density at radius 2 is 1.83 bits per heavy atom. The molecule has 1 aliphatic rings. The molecule has 0 saturated carbocycles. The first-order valence-corrected chi connectivity index (χ1v) is 18.4. The SMILES string of the molecule is COCOc1cc(OC)cc(C(S)CC[C@@H]2OC(C)(C)OC2C(O)/C=C\[C@H](C)[C@H](C)O)c1C(=O)OCC[Si](C)(C)C. The van der Waals surface area contributed by atoms with Crippen LogP contribution in [0.5, 0.6) is 11.5 Å². The monoisotopic (exact) mass is 614 g/mol. The van der Waals surface area contributed by atoms with Crippen molar-refractivity contribution >= 4 is 26.7 Å². The van der Waals surface area contributed by atoms with E-state index in [0.717, 1.165) is 6.04 Å². The van der Waals surface area contributed by atoms with Crippen LogP contribution in [0, 0.1) is 5.92 Å². The molecule has 1 aromatic rings. The topological polar surface area (TPSA) is 113 Å². The van der Waals surface area contributed by atoms with Crippen molar-refractivity contribution in [3.8, 4) is 11.5 Å². The maximum absolute atomic E-state index is 13.4. The van der Waals surface area contributed by atoms with E-state index in [0.29, 0.717) is 36.5 Å². The average Bonchev–Trinajstić information content (AvgIpc) is 3.21. The van der Waals surface area contributed by atoms with Gasteiger partial charge >= 0.3 is 5.97 Å². The molecule has 0 radical (unpaired) electrons. The average molecular weight is 615 g/mol. The number of thiol groups is 1. The van der Waals surface area contributed by atoms with Crippen LogP contribution in [0.15, 0.2) is 24.3 Å². The number of ether oxygens (including phenoxy) is 6. The predicted molar refractivity (Wildman–Crippen MR) is 165 cm³/mol. The molecule has 1 fully saturated rings. The van der Waals surface area contributed by atoms with Gasteiger partial charge in [0.05, 0.1) is 25.9 Å². The summed E-state index contributed by atoms with van der Waals surface area (Å²) in [5.41, 5.74) is 0.895. The lowest BCUT2D eigenvalue weighted by Crippen LogP contribution is -2.34. The molecule has 6 atom stereocenters. The molecule has 0 aliphatic carbocycles. The first kappa shape index (κ1) is 35.6. The van der Waals surface area contributed by atoms with E-state index in [1.807, 2.05) is 20.8 Å². The van der Waals surface area contributed by atoms with E-state index in [4.69, 9.17) is 41.0 Å². The molecule has 41 heavy (non-hydrogen) atoms. The van der Waals surface area contributed by atoms with Crippen LogP contribution in [0.1, 0.15) is 61.7 Å². The Morgan fingerprint density at radius 3 is 2.41 bits per heavy atom. The second-order valence-electron chi connectivity index (χ2n) is 12.3. The minimum atomic E-state index is -1.41. The fraction of sp³-hybridized carbons (Fsp3) is 0.700. The molecule has 1 saturated heterocycles. The highest BCUT2D eigenvalue weighted by molar-refractivity contribution is 7.80. The van der Waals surface area contributed by atoms with Crippen molar-refractivity contribution in [1.82, 2.24) is 0 Å². The Hall–Kier alpha value is -1.60. The first-order valence-electron chi connectivity index (χ1n) is 14.2. The van der Waals surface area contributed by atoms with Gasteiger partial charge in [0.1, 0.15) is 29.3 Å². The van der Waals surface area contributed by atoms with E-state index in [1.165, 1.54) is 7.11 Å². The van der Waals surface area contributed by atoms with E-state index in [1.54, 1.807) is 38.3 Å². The van der Waals surface area contributed by atoms with Gasteiger partial charge in [-0.3, -0.25) is 0 Å². The van der Waals surface area contributed by atoms with Gasteiger partial charge in [-0.2, -0.15) is 12.6 Å². The van der Waals surface area contributed by atoms with Gasteiger partial charge in [-0.05, 0) is 57.2 Å². The minimum Gasteiger partial charge on any atom is -0.497 e. The number of carbonyl (C=O) groups excluding carboxylic acids is 1. The number of benzene rings is 1. The summed E-state index contributed by atoms with van der Waals surface area (Å²) >= 11 is 4.89. The van der Waals surface area contributed by atoms with E-state index >= 15 is 0 Å². The van der Waals surface area contributed by atoms with Crippen LogP contribution in [0.2, 0.25) is 25.7 Å². The molecule has 1 aromatic carbocycles. The van der Waals surface area contributed by atoms with Crippen molar-refractivity contribution in [3.63, 3.8) is 0 Å². The Bertz CT molecular complexity index is 1010. The summed E-state index contributed by atoms with van der Waals surface area (Å²) in [7, 11) is 1.64. The lowest BCUT2D eigenvalue weighted by Gasteiger charge is -2.23. The number of rotatable bonds is 16. The number of aliphatic hydroxyl groups is 2. The van der Waals surface area contributed by atoms with Gasteiger partial charge in [0, 0.05) is 26.5 Å². The highest BCUT2D eigenvalue weighted by atomic mass is 32.1. The van der Waals surface area contributed by atoms with Gasteiger partial charge in [-0.1, -0.05) is 38.7 Å². The number of methoxy groups -OCH3 is 2. The van der Waals surface area contributed by atoms with Crippen LogP contribution in [-0.4, -0.2) is 82.1 Å². The molecule has 0 spiro atoms. The molecular weight excluding hydrogens is 564 g/mol. The van der Waals surface area contributed by atoms with Crippen LogP contribution in [-0.2, 0) is 18.9 Å². The minimum absolute atomic E-state index is 0.0534. The molecule has 2 rings (SSSR count). The van der Waals surface area contributed by atoms with Crippen LogP contribution in [0.25, 0.3) is 0 Å². The fourth-order valence-corrected chi connectivity index (χ4v) is 5.45. The van der Waals surface area contributed by atoms with E-state index in [2.05, 4.69) is 19.6 Å². The molecule has 0 aromatic heterocycles. The zero-order valence-corrected chi connectivity index (χ0v) is 27.9. The van der Waals surface area contributed by atoms with Crippen molar-refractivity contribution in [2.45, 2.75) is 102 Å². The molecule has 11 heteroatoms. The summed E-state index contributed by atoms with van der Waals surface area (Å²) in [6, 6.07) is 4.25. The molecule has 3 unspecified atom stereocenters. The molecular formula is C30H50O9SSi. The summed E-state index contributed by atoms with van der Waals surface area (Å²) in [6.45, 7) is 14.1. The normalized spacial score (nSPS) is 21.9. The Balaban J connectivity index is 2.30. The lowest BCUT2D eigenvalue weighted by atomic mass is 9.96. The third-order valence-corrected chi connectivity index (χ3v) is 9.22. The van der Waals surface area contributed by atoms with Crippen molar-refractivity contribution in [2.75, 3.05) is 27.6 Å². The fourth-order valence-electron chi connectivity index (χ4n) is 4.38. The third-order valence-electron chi connectivity index (χ3n) is 6.98. The molecule has 234 valence electrons. The Labute approximate surface area is 251 Å². The van der Waals surface area contributed by atoms with Gasteiger partial charge in [-0.15, -0.1) is 0 Å². The van der Waals surface area contributed by atoms with E-state index < -0.39 is 49.5 Å². The smallest absolute Gasteiger partial charge is 0.342 e. The summed E-state index contributed by atoms with van der Waals surface area (Å²) in [6.07, 6.45) is 1.92. The molecule has 2 N–H and O–H groups in total. The van der Waals surface area contributed by atoms with E-state index in [9.17, 15) is 15.0 Å². The standard InChI is InChI=1S/C30H50O9SSi/c1-19(20(2)31)10-11-23(32)28-24(38-30(3,4)39-28)12-13-26(40)22-16-21(35-6)17-25(37-18-34-5)27(22)29(33)36-14-15-41(7,8)9/h10-11,16-17,19-20,23-24,26,28,31-32,40H,12-15,18H2,1-9H3/b11-10-/t19-,20-,23?,24-,26?,28?/m0/s1. The molecule has 1 aliphatic heterocycles. The lowest BCUT2D eigenvalue weighted by molar-refractivity contribution is -0.153. The molecule has 1 heterocycles. The predicted octanol–water partition coefficient (Wildman–Crippen LogP) is 5.38. The third kappa shape index (κ3) is 11.2. The summed E-state index contributed by atoms with van der Waals surface area (Å²) < 4.78 is 34.3. The quantitative estimate of drug-likeness (QED) is 0.0743. The van der Waals surface area contributed by atoms with Gasteiger partial charge in [0.15, 0.2) is 12.6 Å². The zero-order chi connectivity index (χ0) is 31.0. The van der Waals surface area contributed by atoms with Crippen LogP contribution < -0.4 is 9.47 Å². The molecule has 0 bridgehead atoms. The second-order valence-corrected chi connectivity index (χ2v) is 18.5. The van der Waals surface area contributed by atoms with Crippen LogP contribution >= 0.6 is 12.6 Å². The maximum atomic E-state index is 13.4. The van der Waals surface area contributed by atoms with Gasteiger partial charge in [-0.25, -0.2) is 4.79 Å². The Kier molecular flexibility index (Phi) is 13.7. The summed E-state index contributed by atoms with van der Waals surface area (Å²) in [4.78, 5) is 13.4. The molecule has 9 nitrogen and oxygen atoms in total. The van der Waals surface area contributed by atoms with Crippen LogP contribution in [0.4, 0.5) is 0 Å². The maximum Gasteiger partial charge on any atom is 0.342 e. The van der Waals surface area contributed by atoms with Crippen LogP contribution in [0.3, 0.4) is 0 Å². The number of hydrogen-bond acceptors (Lipinski definition) is 10.